The van der Waals surface area contributed by atoms with Crippen LogP contribution in [0.25, 0.3) is 0 Å². The maximum atomic E-state index is 13.5. The molecule has 0 bridgehead atoms. The number of hydrogen-bond acceptors (Lipinski definition) is 4. The average molecular weight is 449 g/mol. The molecule has 1 aromatic heterocycles. The molecule has 2 fully saturated rings. The van der Waals surface area contributed by atoms with Gasteiger partial charge >= 0.3 is 0 Å². The lowest BCUT2D eigenvalue weighted by Gasteiger charge is -2.37. The summed E-state index contributed by atoms with van der Waals surface area (Å²) in [5, 5.41) is 0. The summed E-state index contributed by atoms with van der Waals surface area (Å²) in [6.07, 6.45) is 5.18. The molecule has 2 amide bonds. The minimum absolute atomic E-state index is 0.0643. The van der Waals surface area contributed by atoms with Gasteiger partial charge in [0.25, 0.3) is 5.56 Å². The maximum absolute atomic E-state index is 13.5. The first-order valence-electron chi connectivity index (χ1n) is 12.2. The number of benzene rings is 1. The summed E-state index contributed by atoms with van der Waals surface area (Å²) < 4.78 is 0. The fourth-order valence-corrected chi connectivity index (χ4v) is 5.12. The van der Waals surface area contributed by atoms with Gasteiger partial charge < -0.3 is 14.8 Å². The molecule has 0 radical (unpaired) electrons. The van der Waals surface area contributed by atoms with Crippen LogP contribution in [-0.4, -0.2) is 44.7 Å². The van der Waals surface area contributed by atoms with Gasteiger partial charge in [-0.3, -0.25) is 14.4 Å². The van der Waals surface area contributed by atoms with Crippen molar-refractivity contribution in [1.29, 1.82) is 0 Å². The molecule has 5 rings (SSSR count). The zero-order valence-corrected chi connectivity index (χ0v) is 19.5. The second-order valence-corrected chi connectivity index (χ2v) is 9.84. The number of aryl methyl sites for hydroxylation is 1. The van der Waals surface area contributed by atoms with E-state index in [1.165, 1.54) is 5.56 Å². The van der Waals surface area contributed by atoms with Gasteiger partial charge in [-0.2, -0.15) is 0 Å². The highest BCUT2D eigenvalue weighted by atomic mass is 16.2. The average Bonchev–Trinajstić information content (AvgIpc) is 3.68. The Bertz CT molecular complexity index is 1120. The van der Waals surface area contributed by atoms with Gasteiger partial charge in [0.1, 0.15) is 5.82 Å². The summed E-state index contributed by atoms with van der Waals surface area (Å²) in [5.41, 5.74) is 3.41. The van der Waals surface area contributed by atoms with Crippen molar-refractivity contribution in [2.24, 2.45) is 5.92 Å². The number of nitrogens with one attached hydrogen (secondary N) is 1. The molecular formula is C26H32N4O3. The highest BCUT2D eigenvalue weighted by molar-refractivity contribution is 5.84. The molecule has 1 saturated heterocycles. The number of fused-ring (bicyclic) bond motifs is 1. The van der Waals surface area contributed by atoms with Gasteiger partial charge in [-0.05, 0) is 57.9 Å². The Hall–Kier alpha value is -2.96. The molecule has 1 aromatic carbocycles. The van der Waals surface area contributed by atoms with E-state index in [0.29, 0.717) is 43.1 Å². The molecule has 1 N–H and O–H groups in total. The number of carbonyl (C=O) groups excluding carboxylic acids is 2. The molecule has 3 heterocycles. The van der Waals surface area contributed by atoms with Crippen LogP contribution in [0, 0.1) is 12.8 Å². The van der Waals surface area contributed by atoms with Crippen molar-refractivity contribution in [2.45, 2.75) is 70.9 Å². The van der Waals surface area contributed by atoms with Crippen LogP contribution in [0.2, 0.25) is 0 Å². The molecule has 0 spiro atoms. The highest BCUT2D eigenvalue weighted by Gasteiger charge is 2.37. The number of hydrogen-bond donors (Lipinski definition) is 1. The van der Waals surface area contributed by atoms with Gasteiger partial charge in [-0.25, -0.2) is 4.98 Å². The lowest BCUT2D eigenvalue weighted by atomic mass is 9.94. The van der Waals surface area contributed by atoms with E-state index >= 15 is 0 Å². The predicted molar refractivity (Wildman–Crippen MR) is 125 cm³/mol. The zero-order chi connectivity index (χ0) is 23.1. The van der Waals surface area contributed by atoms with E-state index in [9.17, 15) is 14.4 Å². The van der Waals surface area contributed by atoms with E-state index in [2.05, 4.69) is 4.98 Å². The monoisotopic (exact) mass is 448 g/mol. The van der Waals surface area contributed by atoms with Crippen molar-refractivity contribution in [3.63, 3.8) is 0 Å². The van der Waals surface area contributed by atoms with Gasteiger partial charge in [0.05, 0.1) is 24.2 Å². The minimum Gasteiger partial charge on any atom is -0.336 e. The number of rotatable bonds is 4. The topological polar surface area (TPSA) is 86.4 Å². The highest BCUT2D eigenvalue weighted by Crippen LogP contribution is 2.34. The molecule has 174 valence electrons. The zero-order valence-electron chi connectivity index (χ0n) is 19.5. The lowest BCUT2D eigenvalue weighted by Crippen LogP contribution is -2.43. The van der Waals surface area contributed by atoms with Gasteiger partial charge in [0, 0.05) is 24.6 Å². The Labute approximate surface area is 194 Å². The number of likely N-dealkylation sites (tertiary alicyclic amines) is 1. The van der Waals surface area contributed by atoms with Crippen LogP contribution in [-0.2, 0) is 22.6 Å². The van der Waals surface area contributed by atoms with Crippen molar-refractivity contribution in [2.75, 3.05) is 13.1 Å². The van der Waals surface area contributed by atoms with Crippen LogP contribution in [0.1, 0.15) is 79.2 Å². The first-order chi connectivity index (χ1) is 15.9. The first kappa shape index (κ1) is 21.9. The lowest BCUT2D eigenvalue weighted by molar-refractivity contribution is -0.136. The number of carbonyl (C=O) groups is 2. The number of aromatic amines is 1. The molecule has 7 nitrogen and oxygen atoms in total. The van der Waals surface area contributed by atoms with Crippen LogP contribution < -0.4 is 5.56 Å². The summed E-state index contributed by atoms with van der Waals surface area (Å²) in [6, 6.07) is 7.85. The standard InChI is InChI=1S/C26H32N4O3/c1-16-6-8-18(9-7-16)17(2)25(32)30-13-4-3-5-22(30)23-27-21-15-29(26(33)19-10-11-19)14-12-20(21)24(31)28-23/h6-9,17,19,22H,3-5,10-15H2,1-2H3,(H,27,28,31)/t17-,22+/m1/s1. The number of H-pyrrole nitrogens is 1. The van der Waals surface area contributed by atoms with Crippen molar-refractivity contribution in [3.05, 3.63) is 62.8 Å². The summed E-state index contributed by atoms with van der Waals surface area (Å²) in [4.78, 5) is 50.6. The van der Waals surface area contributed by atoms with Gasteiger partial charge in [-0.15, -0.1) is 0 Å². The fraction of sp³-hybridized carbons (Fsp3) is 0.538. The summed E-state index contributed by atoms with van der Waals surface area (Å²) >= 11 is 0. The largest absolute Gasteiger partial charge is 0.336 e. The third kappa shape index (κ3) is 4.33. The predicted octanol–water partition coefficient (Wildman–Crippen LogP) is 3.23. The van der Waals surface area contributed by atoms with E-state index in [1.807, 2.05) is 47.9 Å². The summed E-state index contributed by atoms with van der Waals surface area (Å²) in [7, 11) is 0. The van der Waals surface area contributed by atoms with Gasteiger partial charge in [0.2, 0.25) is 11.8 Å². The van der Waals surface area contributed by atoms with Crippen LogP contribution >= 0.6 is 0 Å². The third-order valence-electron chi connectivity index (χ3n) is 7.38. The Kier molecular flexibility index (Phi) is 5.81. The SMILES string of the molecule is Cc1ccc([C@@H](C)C(=O)N2CCCC[C@H]2c2nc3c(c(=O)[nH]2)CCN(C(=O)C2CC2)C3)cc1. The number of amides is 2. The molecule has 33 heavy (non-hydrogen) atoms. The third-order valence-corrected chi connectivity index (χ3v) is 7.38. The second kappa shape index (κ2) is 8.76. The van der Waals surface area contributed by atoms with Crippen molar-refractivity contribution < 1.29 is 9.59 Å². The molecule has 1 saturated carbocycles. The molecular weight excluding hydrogens is 416 g/mol. The molecule has 1 aliphatic carbocycles. The first-order valence-corrected chi connectivity index (χ1v) is 12.2. The van der Waals surface area contributed by atoms with Gasteiger partial charge in [-0.1, -0.05) is 29.8 Å². The normalized spacial score (nSPS) is 21.5. The van der Waals surface area contributed by atoms with Crippen LogP contribution in [0.3, 0.4) is 0 Å². The molecule has 7 heteroatoms. The van der Waals surface area contributed by atoms with E-state index in [-0.39, 0.29) is 35.3 Å². The van der Waals surface area contributed by atoms with Crippen LogP contribution in [0.5, 0.6) is 0 Å². The summed E-state index contributed by atoms with van der Waals surface area (Å²) in [5.74, 6) is 0.703. The minimum atomic E-state index is -0.262. The number of nitrogens with zero attached hydrogens (tertiary/aromatic N) is 3. The van der Waals surface area contributed by atoms with Crippen molar-refractivity contribution in [1.82, 2.24) is 19.8 Å². The fourth-order valence-electron chi connectivity index (χ4n) is 5.12. The quantitative estimate of drug-likeness (QED) is 0.778. The molecule has 3 aliphatic rings. The Morgan fingerprint density at radius 1 is 1.09 bits per heavy atom. The van der Waals surface area contributed by atoms with E-state index in [4.69, 9.17) is 4.98 Å². The second-order valence-electron chi connectivity index (χ2n) is 9.84. The van der Waals surface area contributed by atoms with Gasteiger partial charge in [0.15, 0.2) is 0 Å². The summed E-state index contributed by atoms with van der Waals surface area (Å²) in [6.45, 7) is 5.61. The number of piperidine rings is 1. The van der Waals surface area contributed by atoms with Crippen molar-refractivity contribution in [3.8, 4) is 0 Å². The number of aromatic nitrogens is 2. The molecule has 0 unspecified atom stereocenters. The van der Waals surface area contributed by atoms with Crippen LogP contribution in [0.4, 0.5) is 0 Å². The van der Waals surface area contributed by atoms with E-state index in [1.54, 1.807) is 0 Å². The maximum Gasteiger partial charge on any atom is 0.254 e. The van der Waals surface area contributed by atoms with Crippen molar-refractivity contribution >= 4 is 11.8 Å². The smallest absolute Gasteiger partial charge is 0.254 e. The molecule has 2 aromatic rings. The molecule has 2 atom stereocenters. The van der Waals surface area contributed by atoms with E-state index in [0.717, 1.165) is 37.7 Å². The van der Waals surface area contributed by atoms with Crippen LogP contribution in [0.15, 0.2) is 29.1 Å². The Morgan fingerprint density at radius 2 is 1.85 bits per heavy atom. The van der Waals surface area contributed by atoms with E-state index < -0.39 is 0 Å². The Balaban J connectivity index is 1.41. The molecule has 2 aliphatic heterocycles. The Morgan fingerprint density at radius 3 is 2.58 bits per heavy atom.